The van der Waals surface area contributed by atoms with Crippen molar-refractivity contribution in [3.05, 3.63) is 75.6 Å². The number of hydrogen-bond donors (Lipinski definition) is 3. The Kier molecular flexibility index (Phi) is 8.16. The molecule has 0 unspecified atom stereocenters. The monoisotopic (exact) mass is 436 g/mol. The van der Waals surface area contributed by atoms with Gasteiger partial charge in [0, 0.05) is 11.6 Å². The van der Waals surface area contributed by atoms with E-state index in [2.05, 4.69) is 12.2 Å². The Bertz CT molecular complexity index is 1140. The van der Waals surface area contributed by atoms with Crippen LogP contribution in [0.1, 0.15) is 71.9 Å². The van der Waals surface area contributed by atoms with Crippen LogP contribution < -0.4 is 16.2 Å². The van der Waals surface area contributed by atoms with Crippen LogP contribution in [0.15, 0.2) is 57.7 Å². The second kappa shape index (κ2) is 11.2. The Morgan fingerprint density at radius 1 is 0.938 bits per heavy atom. The molecule has 2 aromatic carbocycles. The van der Waals surface area contributed by atoms with Gasteiger partial charge in [0.25, 0.3) is 5.91 Å². The summed E-state index contributed by atoms with van der Waals surface area (Å²) in [7, 11) is 0. The second-order valence-electron chi connectivity index (χ2n) is 7.77. The molecular formula is C25H28N2O5. The number of amides is 2. The van der Waals surface area contributed by atoms with Crippen molar-refractivity contribution in [1.82, 2.24) is 5.48 Å². The van der Waals surface area contributed by atoms with E-state index in [1.165, 1.54) is 49.2 Å². The van der Waals surface area contributed by atoms with Crippen LogP contribution in [0.5, 0.6) is 0 Å². The predicted octanol–water partition coefficient (Wildman–Crippen LogP) is 5.07. The summed E-state index contributed by atoms with van der Waals surface area (Å²) in [6, 6.07) is 13.2. The second-order valence-corrected chi connectivity index (χ2v) is 7.77. The molecule has 0 saturated carbocycles. The smallest absolute Gasteiger partial charge is 0.310 e. The van der Waals surface area contributed by atoms with Crippen LogP contribution in [0.3, 0.4) is 0 Å². The Hall–Kier alpha value is -3.45. The molecule has 1 heterocycles. The molecule has 3 aromatic rings. The number of benzene rings is 2. The number of hydrogen-bond acceptors (Lipinski definition) is 5. The lowest BCUT2D eigenvalue weighted by molar-refractivity contribution is 0.0676. The average Bonchev–Trinajstić information content (AvgIpc) is 2.81. The number of carbonyl (C=O) groups is 2. The molecule has 3 rings (SSSR count). The van der Waals surface area contributed by atoms with Gasteiger partial charge in [-0.05, 0) is 42.7 Å². The molecule has 0 atom stereocenters. The lowest BCUT2D eigenvalue weighted by Crippen LogP contribution is -2.20. The van der Waals surface area contributed by atoms with Crippen molar-refractivity contribution in [2.45, 2.75) is 51.9 Å². The van der Waals surface area contributed by atoms with Crippen LogP contribution in [-0.2, 0) is 6.42 Å². The molecule has 7 heteroatoms. The number of anilines is 1. The quantitative estimate of drug-likeness (QED) is 0.234. The third kappa shape index (κ3) is 5.82. The molecule has 0 aliphatic heterocycles. The van der Waals surface area contributed by atoms with Gasteiger partial charge >= 0.3 is 5.91 Å². The maximum atomic E-state index is 12.7. The van der Waals surface area contributed by atoms with Crippen molar-refractivity contribution in [3.63, 3.8) is 0 Å². The summed E-state index contributed by atoms with van der Waals surface area (Å²) in [4.78, 5) is 36.7. The summed E-state index contributed by atoms with van der Waals surface area (Å²) in [5.74, 6) is -1.67. The topological polar surface area (TPSA) is 109 Å². The van der Waals surface area contributed by atoms with E-state index < -0.39 is 11.3 Å². The highest BCUT2D eigenvalue weighted by molar-refractivity contribution is 6.08. The first-order valence-electron chi connectivity index (χ1n) is 10.9. The number of hydroxylamine groups is 1. The lowest BCUT2D eigenvalue weighted by atomic mass is 10.0. The number of nitrogens with one attached hydrogen (secondary N) is 2. The van der Waals surface area contributed by atoms with Gasteiger partial charge in [0.1, 0.15) is 0 Å². The third-order valence-electron chi connectivity index (χ3n) is 5.36. The Labute approximate surface area is 186 Å². The largest absolute Gasteiger partial charge is 0.448 e. The molecule has 1 aromatic heterocycles. The Morgan fingerprint density at radius 2 is 1.66 bits per heavy atom. The van der Waals surface area contributed by atoms with Gasteiger partial charge in [0.2, 0.25) is 0 Å². The Morgan fingerprint density at radius 3 is 2.38 bits per heavy atom. The number of fused-ring (bicyclic) bond motifs is 1. The van der Waals surface area contributed by atoms with Crippen molar-refractivity contribution in [1.29, 1.82) is 0 Å². The van der Waals surface area contributed by atoms with Crippen molar-refractivity contribution in [2.24, 2.45) is 0 Å². The highest BCUT2D eigenvalue weighted by Crippen LogP contribution is 2.23. The number of carbonyl (C=O) groups excluding carboxylic acids is 2. The lowest BCUT2D eigenvalue weighted by Gasteiger charge is -2.09. The molecule has 0 radical (unpaired) electrons. The van der Waals surface area contributed by atoms with Crippen LogP contribution in [0.4, 0.5) is 5.69 Å². The van der Waals surface area contributed by atoms with E-state index in [-0.39, 0.29) is 28.3 Å². The third-order valence-corrected chi connectivity index (χ3v) is 5.36. The molecule has 32 heavy (non-hydrogen) atoms. The average molecular weight is 437 g/mol. The van der Waals surface area contributed by atoms with E-state index in [4.69, 9.17) is 9.62 Å². The fourth-order valence-corrected chi connectivity index (χ4v) is 3.57. The summed E-state index contributed by atoms with van der Waals surface area (Å²) in [6.45, 7) is 2.21. The van der Waals surface area contributed by atoms with Crippen LogP contribution >= 0.6 is 0 Å². The van der Waals surface area contributed by atoms with Crippen molar-refractivity contribution < 1.29 is 19.2 Å². The highest BCUT2D eigenvalue weighted by atomic mass is 16.5. The first kappa shape index (κ1) is 23.2. The molecule has 0 aliphatic carbocycles. The van der Waals surface area contributed by atoms with Gasteiger partial charge in [-0.25, -0.2) is 5.48 Å². The minimum atomic E-state index is -0.953. The van der Waals surface area contributed by atoms with Gasteiger partial charge in [0.15, 0.2) is 16.8 Å². The zero-order chi connectivity index (χ0) is 22.9. The fraction of sp³-hybridized carbons (Fsp3) is 0.320. The summed E-state index contributed by atoms with van der Waals surface area (Å²) < 4.78 is 5.47. The molecule has 3 N–H and O–H groups in total. The standard InChI is InChI=1S/C25H28N2O5/c1-2-3-4-5-6-7-9-17-12-14-18(15-13-17)24(29)26-20-11-8-10-19-21(28)16-22(25(30)27-31)32-23(19)20/h8,10-16,31H,2-7,9H2,1H3,(H,26,29)(H,27,30). The van der Waals surface area contributed by atoms with E-state index in [0.717, 1.165) is 18.9 Å². The van der Waals surface area contributed by atoms with Gasteiger partial charge in [-0.2, -0.15) is 0 Å². The summed E-state index contributed by atoms with van der Waals surface area (Å²) in [6.07, 6.45) is 8.41. The highest BCUT2D eigenvalue weighted by Gasteiger charge is 2.15. The van der Waals surface area contributed by atoms with E-state index >= 15 is 0 Å². The molecule has 0 aliphatic rings. The molecule has 168 valence electrons. The molecule has 0 fully saturated rings. The molecular weight excluding hydrogens is 408 g/mol. The maximum absolute atomic E-state index is 12.7. The fourth-order valence-electron chi connectivity index (χ4n) is 3.57. The number of aryl methyl sites for hydroxylation is 1. The first-order chi connectivity index (χ1) is 15.5. The zero-order valence-electron chi connectivity index (χ0n) is 18.1. The van der Waals surface area contributed by atoms with Crippen LogP contribution in [0, 0.1) is 0 Å². The van der Waals surface area contributed by atoms with Gasteiger partial charge in [-0.15, -0.1) is 0 Å². The van der Waals surface area contributed by atoms with Gasteiger partial charge in [-0.3, -0.25) is 19.6 Å². The molecule has 0 bridgehead atoms. The van der Waals surface area contributed by atoms with Crippen LogP contribution in [-0.4, -0.2) is 17.0 Å². The maximum Gasteiger partial charge on any atom is 0.310 e. The van der Waals surface area contributed by atoms with Crippen molar-refractivity contribution in [3.8, 4) is 0 Å². The minimum Gasteiger partial charge on any atom is -0.448 e. The number of para-hydroxylation sites is 1. The summed E-state index contributed by atoms with van der Waals surface area (Å²) >= 11 is 0. The van der Waals surface area contributed by atoms with Crippen LogP contribution in [0.2, 0.25) is 0 Å². The van der Waals surface area contributed by atoms with E-state index in [1.54, 1.807) is 24.3 Å². The van der Waals surface area contributed by atoms with Crippen LogP contribution in [0.25, 0.3) is 11.0 Å². The molecule has 0 saturated heterocycles. The predicted molar refractivity (Wildman–Crippen MR) is 123 cm³/mol. The van der Waals surface area contributed by atoms with Crippen molar-refractivity contribution in [2.75, 3.05) is 5.32 Å². The van der Waals surface area contributed by atoms with E-state index in [9.17, 15) is 14.4 Å². The van der Waals surface area contributed by atoms with E-state index in [0.29, 0.717) is 5.56 Å². The minimum absolute atomic E-state index is 0.0617. The molecule has 2 amide bonds. The van der Waals surface area contributed by atoms with Gasteiger partial charge < -0.3 is 9.73 Å². The Balaban J connectivity index is 1.69. The first-order valence-corrected chi connectivity index (χ1v) is 10.9. The van der Waals surface area contributed by atoms with Crippen molar-refractivity contribution >= 4 is 28.5 Å². The normalized spacial score (nSPS) is 10.8. The van der Waals surface area contributed by atoms with E-state index in [1.807, 2.05) is 12.1 Å². The van der Waals surface area contributed by atoms with Gasteiger partial charge in [0.05, 0.1) is 11.1 Å². The summed E-state index contributed by atoms with van der Waals surface area (Å²) in [5.41, 5.74) is 2.95. The summed E-state index contributed by atoms with van der Waals surface area (Å²) in [5, 5.41) is 11.8. The molecule has 0 spiro atoms. The number of rotatable bonds is 10. The number of unbranched alkanes of at least 4 members (excludes halogenated alkanes) is 5. The SMILES string of the molecule is CCCCCCCCc1ccc(C(=O)Nc2cccc3c(=O)cc(C(=O)NO)oc23)cc1. The molecule has 7 nitrogen and oxygen atoms in total. The van der Waals surface area contributed by atoms with Gasteiger partial charge in [-0.1, -0.05) is 57.2 Å². The zero-order valence-corrected chi connectivity index (χ0v) is 18.1.